The molecule has 0 aromatic rings. The molecule has 0 fully saturated rings. The fourth-order valence-corrected chi connectivity index (χ4v) is 1.31. The molecule has 2 unspecified atom stereocenters. The molecule has 0 aliphatic heterocycles. The molecule has 2 atom stereocenters. The highest BCUT2D eigenvalue weighted by Gasteiger charge is 2.31. The molecule has 0 aromatic heterocycles. The molecule has 0 rings (SSSR count). The molecule has 3 N–H and O–H groups in total. The van der Waals surface area contributed by atoms with E-state index < -0.39 is 24.1 Å². The molecule has 6 heteroatoms. The number of carboxylic acids is 1. The maximum Gasteiger partial charge on any atom is 0.338 e. The molecule has 0 heterocycles. The summed E-state index contributed by atoms with van der Waals surface area (Å²) in [6, 6.07) is 0. The highest BCUT2D eigenvalue weighted by Crippen LogP contribution is 2.06. The van der Waals surface area contributed by atoms with Crippen LogP contribution in [-0.2, 0) is 14.3 Å². The van der Waals surface area contributed by atoms with E-state index in [0.717, 1.165) is 18.4 Å². The van der Waals surface area contributed by atoms with E-state index in [1.54, 1.807) is 6.08 Å². The Bertz CT molecular complexity index is 419. The largest absolute Gasteiger partial charge is 0.479 e. The van der Waals surface area contributed by atoms with Crippen LogP contribution in [0.25, 0.3) is 0 Å². The molecular weight excluding hydrogens is 312 g/mol. The molecule has 0 aromatic carbocycles. The van der Waals surface area contributed by atoms with Crippen molar-refractivity contribution in [2.75, 3.05) is 6.61 Å². The van der Waals surface area contributed by atoms with E-state index in [0.29, 0.717) is 0 Å². The van der Waals surface area contributed by atoms with Crippen LogP contribution in [0, 0.1) is 0 Å². The van der Waals surface area contributed by atoms with Crippen molar-refractivity contribution in [3.05, 3.63) is 23.3 Å². The van der Waals surface area contributed by atoms with Crippen LogP contribution in [-0.4, -0.2) is 46.1 Å². The van der Waals surface area contributed by atoms with Gasteiger partial charge in [-0.1, -0.05) is 43.9 Å². The zero-order valence-electron chi connectivity index (χ0n) is 15.4. The summed E-state index contributed by atoms with van der Waals surface area (Å²) in [4.78, 5) is 21.6. The summed E-state index contributed by atoms with van der Waals surface area (Å²) in [5.74, 6) is -2.84. The monoisotopic (exact) mass is 344 g/mol. The van der Waals surface area contributed by atoms with Gasteiger partial charge in [0.2, 0.25) is 0 Å². The van der Waals surface area contributed by atoms with Crippen molar-refractivity contribution < 1.29 is 29.6 Å². The molecule has 24 heavy (non-hydrogen) atoms. The van der Waals surface area contributed by atoms with Gasteiger partial charge in [-0.05, 0) is 39.7 Å². The van der Waals surface area contributed by atoms with Crippen molar-refractivity contribution in [2.45, 2.75) is 72.5 Å². The lowest BCUT2D eigenvalue weighted by Gasteiger charge is -2.12. The zero-order chi connectivity index (χ0) is 19.1. The number of unbranched alkanes of at least 4 members (excludes halogenated alkanes) is 1. The van der Waals surface area contributed by atoms with Gasteiger partial charge in [0.25, 0.3) is 0 Å². The summed E-state index contributed by atoms with van der Waals surface area (Å²) in [7, 11) is 0. The Morgan fingerprint density at radius 2 is 1.54 bits per heavy atom. The van der Waals surface area contributed by atoms with Crippen LogP contribution in [0.3, 0.4) is 0 Å². The summed E-state index contributed by atoms with van der Waals surface area (Å²) in [6.07, 6.45) is 3.87. The number of carbonyl (C=O) groups is 2. The lowest BCUT2D eigenvalue weighted by atomic mass is 10.1. The second kappa shape index (κ2) is 14.9. The summed E-state index contributed by atoms with van der Waals surface area (Å²) in [5.41, 5.74) is 2.25. The van der Waals surface area contributed by atoms with Crippen molar-refractivity contribution in [3.63, 3.8) is 0 Å². The molecule has 0 radical (unpaired) electrons. The van der Waals surface area contributed by atoms with E-state index in [4.69, 9.17) is 10.2 Å². The van der Waals surface area contributed by atoms with Gasteiger partial charge in [0.05, 0.1) is 0 Å². The summed E-state index contributed by atoms with van der Waals surface area (Å²) >= 11 is 0. The average molecular weight is 344 g/mol. The summed E-state index contributed by atoms with van der Waals surface area (Å²) in [5, 5.41) is 26.6. The normalized spacial score (nSPS) is 13.2. The van der Waals surface area contributed by atoms with Crippen LogP contribution in [0.15, 0.2) is 23.3 Å². The Morgan fingerprint density at radius 1 is 1.00 bits per heavy atom. The number of ether oxygens (including phenoxy) is 1. The predicted octanol–water partition coefficient (Wildman–Crippen LogP) is 2.84. The maximum atomic E-state index is 11.2. The molecular formula is C18H32O6. The molecule has 6 nitrogen and oxygen atoms in total. The van der Waals surface area contributed by atoms with Crippen molar-refractivity contribution in [2.24, 2.45) is 0 Å². The third-order valence-electron chi connectivity index (χ3n) is 3.04. The quantitative estimate of drug-likeness (QED) is 0.439. The topological polar surface area (TPSA) is 104 Å². The molecule has 0 amide bonds. The van der Waals surface area contributed by atoms with E-state index in [1.165, 1.54) is 18.4 Å². The third kappa shape index (κ3) is 14.0. The van der Waals surface area contributed by atoms with E-state index in [9.17, 15) is 14.7 Å². The average Bonchev–Trinajstić information content (AvgIpc) is 2.52. The minimum Gasteiger partial charge on any atom is -0.479 e. The standard InChI is InChI=1S/C14H22O6.C4H10/c1-9(2)5-4-6-10(3)7-8-20-14(19)12(16)11(15)13(17)18;1-3-4-2/h5,7,11-12,15-16H,4,6,8H2,1-3H3,(H,17,18);3-4H2,1-2H3/b10-7+;. The number of aliphatic hydroxyl groups is 2. The van der Waals surface area contributed by atoms with Gasteiger partial charge in [0, 0.05) is 0 Å². The Labute approximate surface area is 144 Å². The molecule has 0 aliphatic rings. The minimum atomic E-state index is -2.18. The lowest BCUT2D eigenvalue weighted by molar-refractivity contribution is -0.169. The first-order valence-electron chi connectivity index (χ1n) is 8.21. The molecule has 0 saturated carbocycles. The highest BCUT2D eigenvalue weighted by molar-refractivity contribution is 5.84. The number of allylic oxidation sites excluding steroid dienone is 3. The highest BCUT2D eigenvalue weighted by atomic mass is 16.5. The SMILES string of the molecule is CC(C)=CCC/C(C)=C/COC(=O)C(O)C(O)C(=O)O.CCCC. The van der Waals surface area contributed by atoms with Gasteiger partial charge in [0.15, 0.2) is 12.2 Å². The molecule has 0 bridgehead atoms. The number of esters is 1. The second-order valence-electron chi connectivity index (χ2n) is 5.73. The van der Waals surface area contributed by atoms with Gasteiger partial charge in [-0.15, -0.1) is 0 Å². The third-order valence-corrected chi connectivity index (χ3v) is 3.04. The van der Waals surface area contributed by atoms with Gasteiger partial charge in [-0.25, -0.2) is 9.59 Å². The first-order chi connectivity index (χ1) is 11.2. The fourth-order valence-electron chi connectivity index (χ4n) is 1.31. The molecule has 0 saturated heterocycles. The van der Waals surface area contributed by atoms with E-state index in [-0.39, 0.29) is 6.61 Å². The van der Waals surface area contributed by atoms with Crippen molar-refractivity contribution in [1.29, 1.82) is 0 Å². The number of carboxylic acid groups (broad SMARTS) is 1. The summed E-state index contributed by atoms with van der Waals surface area (Å²) in [6.45, 7) is 10.2. The predicted molar refractivity (Wildman–Crippen MR) is 93.6 cm³/mol. The van der Waals surface area contributed by atoms with Crippen LogP contribution in [0.2, 0.25) is 0 Å². The van der Waals surface area contributed by atoms with Gasteiger partial charge in [-0.3, -0.25) is 0 Å². The van der Waals surface area contributed by atoms with Gasteiger partial charge in [0.1, 0.15) is 6.61 Å². The second-order valence-corrected chi connectivity index (χ2v) is 5.73. The number of rotatable bonds is 9. The first-order valence-corrected chi connectivity index (χ1v) is 8.21. The number of hydrogen-bond acceptors (Lipinski definition) is 5. The summed E-state index contributed by atoms with van der Waals surface area (Å²) < 4.78 is 4.67. The number of carbonyl (C=O) groups excluding carboxylic acids is 1. The molecule has 0 aliphatic carbocycles. The van der Waals surface area contributed by atoms with E-state index in [2.05, 4.69) is 24.7 Å². The smallest absolute Gasteiger partial charge is 0.338 e. The minimum absolute atomic E-state index is 0.0666. The van der Waals surface area contributed by atoms with Gasteiger partial charge in [-0.2, -0.15) is 0 Å². The number of aliphatic hydroxyl groups excluding tert-OH is 2. The maximum absolute atomic E-state index is 11.2. The number of aliphatic carboxylic acids is 1. The van der Waals surface area contributed by atoms with Crippen LogP contribution in [0.1, 0.15) is 60.3 Å². The Hall–Kier alpha value is -1.66. The Balaban J connectivity index is 0. The first kappa shape index (κ1) is 24.6. The van der Waals surface area contributed by atoms with Gasteiger partial charge < -0.3 is 20.1 Å². The van der Waals surface area contributed by atoms with Gasteiger partial charge >= 0.3 is 11.9 Å². The van der Waals surface area contributed by atoms with E-state index >= 15 is 0 Å². The lowest BCUT2D eigenvalue weighted by Crippen LogP contribution is -2.40. The fraction of sp³-hybridized carbons (Fsp3) is 0.667. The van der Waals surface area contributed by atoms with Crippen molar-refractivity contribution in [1.82, 2.24) is 0 Å². The van der Waals surface area contributed by atoms with Crippen LogP contribution >= 0.6 is 0 Å². The van der Waals surface area contributed by atoms with E-state index in [1.807, 2.05) is 20.8 Å². The Kier molecular flexibility index (Phi) is 15.3. The number of hydrogen-bond donors (Lipinski definition) is 3. The van der Waals surface area contributed by atoms with Crippen molar-refractivity contribution in [3.8, 4) is 0 Å². The van der Waals surface area contributed by atoms with Crippen LogP contribution < -0.4 is 0 Å². The Morgan fingerprint density at radius 3 is 1.96 bits per heavy atom. The van der Waals surface area contributed by atoms with Crippen molar-refractivity contribution >= 4 is 11.9 Å². The van der Waals surface area contributed by atoms with Crippen LogP contribution in [0.4, 0.5) is 0 Å². The van der Waals surface area contributed by atoms with Crippen LogP contribution in [0.5, 0.6) is 0 Å². The molecule has 140 valence electrons. The molecule has 0 spiro atoms. The zero-order valence-corrected chi connectivity index (χ0v) is 15.4.